The fourth-order valence-corrected chi connectivity index (χ4v) is 4.39. The maximum Gasteiger partial charge on any atom is 0.271 e. The molecule has 1 amide bonds. The Morgan fingerprint density at radius 2 is 1.56 bits per heavy atom. The van der Waals surface area contributed by atoms with E-state index in [2.05, 4.69) is 15.1 Å². The molecule has 0 bridgehead atoms. The van der Waals surface area contributed by atoms with Gasteiger partial charge >= 0.3 is 0 Å². The largest absolute Gasteiger partial charge is 0.497 e. The predicted molar refractivity (Wildman–Crippen MR) is 134 cm³/mol. The third-order valence-electron chi connectivity index (χ3n) is 6.33. The van der Waals surface area contributed by atoms with Crippen molar-refractivity contribution in [3.8, 4) is 40.0 Å². The van der Waals surface area contributed by atoms with Crippen LogP contribution in [0.25, 0.3) is 11.3 Å². The molecule has 192 valence electrons. The number of piperazine rings is 1. The number of hydrogen-bond acceptors (Lipinski definition) is 8. The average Bonchev–Trinajstić information content (AvgIpc) is 3.42. The van der Waals surface area contributed by atoms with Crippen molar-refractivity contribution >= 4 is 5.91 Å². The lowest BCUT2D eigenvalue weighted by molar-refractivity contribution is 0.0621. The summed E-state index contributed by atoms with van der Waals surface area (Å²) in [6.07, 6.45) is 0. The number of carbonyl (C=O) groups is 1. The van der Waals surface area contributed by atoms with Crippen LogP contribution in [-0.2, 0) is 6.54 Å². The molecule has 3 aromatic rings. The summed E-state index contributed by atoms with van der Waals surface area (Å²) >= 11 is 0. The lowest BCUT2D eigenvalue weighted by Gasteiger charge is -2.34. The number of hydrogen-bond donors (Lipinski definition) is 1. The fraction of sp³-hybridized carbons (Fsp3) is 0.385. The maximum atomic E-state index is 13.2. The Morgan fingerprint density at radius 3 is 2.19 bits per heavy atom. The van der Waals surface area contributed by atoms with Crippen molar-refractivity contribution in [2.75, 3.05) is 61.7 Å². The quantitative estimate of drug-likeness (QED) is 0.483. The van der Waals surface area contributed by atoms with Gasteiger partial charge in [-0.3, -0.25) is 14.8 Å². The molecule has 0 saturated carbocycles. The number of amides is 1. The molecule has 4 rings (SSSR count). The van der Waals surface area contributed by atoms with Gasteiger partial charge in [0.1, 0.15) is 17.2 Å². The molecular formula is C26H32N4O6. The number of nitrogens with one attached hydrogen (secondary N) is 1. The molecule has 0 spiro atoms. The van der Waals surface area contributed by atoms with Gasteiger partial charge in [0.25, 0.3) is 5.91 Å². The van der Waals surface area contributed by atoms with Gasteiger partial charge in [0.2, 0.25) is 5.75 Å². The van der Waals surface area contributed by atoms with Crippen molar-refractivity contribution in [2.24, 2.45) is 0 Å². The molecule has 1 aromatic heterocycles. The number of benzene rings is 2. The number of aromatic nitrogens is 2. The van der Waals surface area contributed by atoms with Gasteiger partial charge in [-0.1, -0.05) is 6.07 Å². The van der Waals surface area contributed by atoms with Crippen LogP contribution in [0.4, 0.5) is 0 Å². The number of methoxy groups -OCH3 is 5. The van der Waals surface area contributed by atoms with Crippen molar-refractivity contribution in [3.05, 3.63) is 47.7 Å². The molecule has 1 aliphatic rings. The van der Waals surface area contributed by atoms with E-state index in [0.717, 1.165) is 24.2 Å². The highest BCUT2D eigenvalue weighted by Gasteiger charge is 2.25. The highest BCUT2D eigenvalue weighted by atomic mass is 16.5. The summed E-state index contributed by atoms with van der Waals surface area (Å²) in [6.45, 7) is 3.35. The first-order valence-corrected chi connectivity index (χ1v) is 11.6. The molecule has 2 heterocycles. The Labute approximate surface area is 210 Å². The lowest BCUT2D eigenvalue weighted by Crippen LogP contribution is -2.48. The summed E-state index contributed by atoms with van der Waals surface area (Å²) in [7, 11) is 8.01. The van der Waals surface area contributed by atoms with Crippen LogP contribution < -0.4 is 23.7 Å². The van der Waals surface area contributed by atoms with E-state index in [1.165, 1.54) is 0 Å². The minimum absolute atomic E-state index is 0.0791. The van der Waals surface area contributed by atoms with Crippen LogP contribution in [0.2, 0.25) is 0 Å². The highest BCUT2D eigenvalue weighted by Crippen LogP contribution is 2.40. The molecular weight excluding hydrogens is 464 g/mol. The zero-order valence-electron chi connectivity index (χ0n) is 21.3. The Hall–Kier alpha value is -3.92. The number of rotatable bonds is 9. The first kappa shape index (κ1) is 25.2. The summed E-state index contributed by atoms with van der Waals surface area (Å²) < 4.78 is 27.2. The predicted octanol–water partition coefficient (Wildman–Crippen LogP) is 3.08. The van der Waals surface area contributed by atoms with E-state index in [-0.39, 0.29) is 5.91 Å². The molecule has 10 nitrogen and oxygen atoms in total. The van der Waals surface area contributed by atoms with E-state index in [1.807, 2.05) is 29.2 Å². The second-order valence-electron chi connectivity index (χ2n) is 8.29. The van der Waals surface area contributed by atoms with E-state index in [4.69, 9.17) is 23.7 Å². The van der Waals surface area contributed by atoms with Gasteiger partial charge in [-0.2, -0.15) is 5.10 Å². The molecule has 2 aromatic carbocycles. The number of nitrogens with zero attached hydrogens (tertiary/aromatic N) is 3. The van der Waals surface area contributed by atoms with E-state index < -0.39 is 0 Å². The summed E-state index contributed by atoms with van der Waals surface area (Å²) in [5.74, 6) is 3.10. The second-order valence-corrected chi connectivity index (χ2v) is 8.29. The van der Waals surface area contributed by atoms with E-state index in [9.17, 15) is 4.79 Å². The molecule has 0 radical (unpaired) electrons. The molecule has 0 unspecified atom stereocenters. The van der Waals surface area contributed by atoms with E-state index in [1.54, 1.807) is 47.7 Å². The van der Waals surface area contributed by atoms with Crippen LogP contribution in [0.15, 0.2) is 36.4 Å². The first-order chi connectivity index (χ1) is 17.5. The average molecular weight is 497 g/mol. The Bertz CT molecular complexity index is 1200. The SMILES string of the molecule is COc1ccc(-c2cc(C(=O)N3CCN(Cc4ccc(OC)c(OC)c4OC)CC3)[nH]n2)c(OC)c1. The maximum absolute atomic E-state index is 13.2. The van der Waals surface area contributed by atoms with Crippen LogP contribution in [0, 0.1) is 0 Å². The highest BCUT2D eigenvalue weighted by molar-refractivity contribution is 5.93. The van der Waals surface area contributed by atoms with Gasteiger partial charge in [-0.05, 0) is 24.3 Å². The smallest absolute Gasteiger partial charge is 0.271 e. The van der Waals surface area contributed by atoms with Gasteiger partial charge in [-0.25, -0.2) is 0 Å². The Kier molecular flexibility index (Phi) is 7.84. The minimum Gasteiger partial charge on any atom is -0.497 e. The normalized spacial score (nSPS) is 13.9. The molecule has 0 atom stereocenters. The third-order valence-corrected chi connectivity index (χ3v) is 6.33. The van der Waals surface area contributed by atoms with Crippen LogP contribution in [0.5, 0.6) is 28.7 Å². The third kappa shape index (κ3) is 5.03. The van der Waals surface area contributed by atoms with Crippen molar-refractivity contribution < 1.29 is 28.5 Å². The van der Waals surface area contributed by atoms with Crippen molar-refractivity contribution in [1.29, 1.82) is 0 Å². The monoisotopic (exact) mass is 496 g/mol. The number of aromatic amines is 1. The molecule has 36 heavy (non-hydrogen) atoms. The van der Waals surface area contributed by atoms with Crippen LogP contribution in [0.1, 0.15) is 16.1 Å². The number of carbonyl (C=O) groups excluding carboxylic acids is 1. The summed E-state index contributed by atoms with van der Waals surface area (Å²) in [6, 6.07) is 11.1. The molecule has 1 aliphatic heterocycles. The number of ether oxygens (including phenoxy) is 5. The van der Waals surface area contributed by atoms with Crippen molar-refractivity contribution in [1.82, 2.24) is 20.0 Å². The van der Waals surface area contributed by atoms with E-state index in [0.29, 0.717) is 59.8 Å². The first-order valence-electron chi connectivity index (χ1n) is 11.6. The minimum atomic E-state index is -0.0791. The van der Waals surface area contributed by atoms with Gasteiger partial charge in [0.05, 0.1) is 41.2 Å². The Morgan fingerprint density at radius 1 is 0.833 bits per heavy atom. The topological polar surface area (TPSA) is 98.4 Å². The fourth-order valence-electron chi connectivity index (χ4n) is 4.39. The van der Waals surface area contributed by atoms with Crippen molar-refractivity contribution in [3.63, 3.8) is 0 Å². The summed E-state index contributed by atoms with van der Waals surface area (Å²) in [5.41, 5.74) is 2.86. The molecule has 0 aliphatic carbocycles. The standard InChI is InChI=1S/C26H32N4O6/c1-32-18-7-8-19(23(14-18)34-3)20-15-21(28-27-20)26(31)30-12-10-29(11-13-30)16-17-6-9-22(33-2)25(36-5)24(17)35-4/h6-9,14-15H,10-13,16H2,1-5H3,(H,27,28). The van der Waals surface area contributed by atoms with Gasteiger partial charge < -0.3 is 28.6 Å². The van der Waals surface area contributed by atoms with Crippen molar-refractivity contribution in [2.45, 2.75) is 6.54 Å². The zero-order chi connectivity index (χ0) is 25.7. The molecule has 1 fully saturated rings. The van der Waals surface area contributed by atoms with Gasteiger partial charge in [0, 0.05) is 49.9 Å². The van der Waals surface area contributed by atoms with Gasteiger partial charge in [0.15, 0.2) is 11.5 Å². The van der Waals surface area contributed by atoms with Crippen LogP contribution in [-0.4, -0.2) is 87.6 Å². The molecule has 1 N–H and O–H groups in total. The number of H-pyrrole nitrogens is 1. The molecule has 10 heteroatoms. The van der Waals surface area contributed by atoms with Crippen LogP contribution >= 0.6 is 0 Å². The lowest BCUT2D eigenvalue weighted by atomic mass is 10.1. The molecule has 1 saturated heterocycles. The van der Waals surface area contributed by atoms with E-state index >= 15 is 0 Å². The summed E-state index contributed by atoms with van der Waals surface area (Å²) in [5, 5.41) is 7.23. The zero-order valence-corrected chi connectivity index (χ0v) is 21.3. The second kappa shape index (κ2) is 11.2. The van der Waals surface area contributed by atoms with Crippen LogP contribution in [0.3, 0.4) is 0 Å². The van der Waals surface area contributed by atoms with Gasteiger partial charge in [-0.15, -0.1) is 0 Å². The Balaban J connectivity index is 1.41. The summed E-state index contributed by atoms with van der Waals surface area (Å²) in [4.78, 5) is 17.3.